The molecule has 1 aromatic heterocycles. The van der Waals surface area contributed by atoms with E-state index in [1.165, 1.54) is 0 Å². The van der Waals surface area contributed by atoms with Gasteiger partial charge in [0.2, 0.25) is 5.91 Å². The van der Waals surface area contributed by atoms with Crippen LogP contribution in [0.4, 0.5) is 5.69 Å². The fourth-order valence-electron chi connectivity index (χ4n) is 1.67. The predicted molar refractivity (Wildman–Crippen MR) is 88.3 cm³/mol. The van der Waals surface area contributed by atoms with Gasteiger partial charge in [0.15, 0.2) is 0 Å². The van der Waals surface area contributed by atoms with E-state index in [0.29, 0.717) is 16.5 Å². The van der Waals surface area contributed by atoms with Crippen molar-refractivity contribution in [3.05, 3.63) is 45.4 Å². The monoisotopic (exact) mass is 342 g/mol. The number of hydrogen-bond donors (Lipinski definition) is 1. The molecule has 21 heavy (non-hydrogen) atoms. The molecule has 1 atom stereocenters. The van der Waals surface area contributed by atoms with Gasteiger partial charge in [-0.25, -0.2) is 4.98 Å². The van der Waals surface area contributed by atoms with Crippen molar-refractivity contribution < 1.29 is 9.00 Å². The standard InChI is InChI=1S/C14H15ClN2O2S2/c1-2-14-17-12(7-20-14)8-21(19)9-13(18)16-11-5-3-10(15)4-6-11/h3-7H,2,8-9H2,1H3,(H,16,18)/t21-/m0/s1. The summed E-state index contributed by atoms with van der Waals surface area (Å²) in [7, 11) is -1.26. The van der Waals surface area contributed by atoms with Crippen LogP contribution >= 0.6 is 22.9 Å². The van der Waals surface area contributed by atoms with Crippen molar-refractivity contribution in [1.82, 2.24) is 4.98 Å². The summed E-state index contributed by atoms with van der Waals surface area (Å²) in [5, 5.41) is 6.21. The van der Waals surface area contributed by atoms with Gasteiger partial charge in [0.1, 0.15) is 5.75 Å². The van der Waals surface area contributed by atoms with Crippen molar-refractivity contribution >= 4 is 45.3 Å². The van der Waals surface area contributed by atoms with Crippen molar-refractivity contribution in [3.8, 4) is 0 Å². The molecule has 1 aromatic carbocycles. The molecule has 0 bridgehead atoms. The van der Waals surface area contributed by atoms with Gasteiger partial charge < -0.3 is 5.32 Å². The lowest BCUT2D eigenvalue weighted by Crippen LogP contribution is -2.20. The van der Waals surface area contributed by atoms with Crippen molar-refractivity contribution in [2.75, 3.05) is 11.1 Å². The number of nitrogens with one attached hydrogen (secondary N) is 1. The van der Waals surface area contributed by atoms with Crippen LogP contribution in [0.1, 0.15) is 17.6 Å². The Hall–Kier alpha value is -1.24. The molecule has 0 aliphatic rings. The number of thiazole rings is 1. The van der Waals surface area contributed by atoms with E-state index < -0.39 is 10.8 Å². The van der Waals surface area contributed by atoms with Crippen LogP contribution in [0, 0.1) is 0 Å². The summed E-state index contributed by atoms with van der Waals surface area (Å²) >= 11 is 7.33. The first-order chi connectivity index (χ1) is 10.1. The number of rotatable bonds is 6. The van der Waals surface area contributed by atoms with Crippen LogP contribution in [-0.2, 0) is 27.8 Å². The van der Waals surface area contributed by atoms with E-state index in [1.807, 2.05) is 12.3 Å². The number of nitrogens with zero attached hydrogens (tertiary/aromatic N) is 1. The number of hydrogen-bond acceptors (Lipinski definition) is 4. The third-order valence-electron chi connectivity index (χ3n) is 2.63. The molecule has 0 aliphatic carbocycles. The van der Waals surface area contributed by atoms with Gasteiger partial charge in [-0.1, -0.05) is 18.5 Å². The van der Waals surface area contributed by atoms with E-state index >= 15 is 0 Å². The van der Waals surface area contributed by atoms with E-state index in [1.54, 1.807) is 35.6 Å². The van der Waals surface area contributed by atoms with Crippen LogP contribution in [-0.4, -0.2) is 20.9 Å². The van der Waals surface area contributed by atoms with Crippen LogP contribution in [0.3, 0.4) is 0 Å². The van der Waals surface area contributed by atoms with Gasteiger partial charge in [-0.05, 0) is 30.7 Å². The Labute approximate surface area is 135 Å². The van der Waals surface area contributed by atoms with Crippen LogP contribution in [0.2, 0.25) is 5.02 Å². The Kier molecular flexibility index (Phi) is 5.90. The molecule has 2 aromatic rings. The molecule has 2 rings (SSSR count). The zero-order valence-corrected chi connectivity index (χ0v) is 13.9. The summed E-state index contributed by atoms with van der Waals surface area (Å²) in [5.41, 5.74) is 1.43. The first kappa shape index (κ1) is 16.1. The molecule has 0 aliphatic heterocycles. The normalized spacial score (nSPS) is 12.1. The fraction of sp³-hybridized carbons (Fsp3) is 0.286. The third kappa shape index (κ3) is 5.22. The van der Waals surface area contributed by atoms with E-state index in [2.05, 4.69) is 10.3 Å². The number of benzene rings is 1. The largest absolute Gasteiger partial charge is 0.325 e. The molecular weight excluding hydrogens is 328 g/mol. The molecule has 0 fully saturated rings. The molecule has 7 heteroatoms. The maximum Gasteiger partial charge on any atom is 0.237 e. The summed E-state index contributed by atoms with van der Waals surface area (Å²) in [6.07, 6.45) is 0.869. The SMILES string of the molecule is CCc1nc(C[S@](=O)CC(=O)Nc2ccc(Cl)cc2)cs1. The molecule has 0 unspecified atom stereocenters. The lowest BCUT2D eigenvalue weighted by molar-refractivity contribution is -0.113. The Morgan fingerprint density at radius 3 is 2.71 bits per heavy atom. The highest BCUT2D eigenvalue weighted by Gasteiger charge is 2.11. The number of amides is 1. The van der Waals surface area contributed by atoms with Crippen molar-refractivity contribution in [3.63, 3.8) is 0 Å². The smallest absolute Gasteiger partial charge is 0.237 e. The molecule has 0 saturated heterocycles. The molecule has 112 valence electrons. The van der Waals surface area contributed by atoms with Gasteiger partial charge in [-0.2, -0.15) is 0 Å². The highest BCUT2D eigenvalue weighted by atomic mass is 35.5. The van der Waals surface area contributed by atoms with Gasteiger partial charge in [-0.3, -0.25) is 9.00 Å². The summed E-state index contributed by atoms with van der Waals surface area (Å²) in [5.74, 6) is -0.00631. The fourth-order valence-corrected chi connectivity index (χ4v) is 3.59. The average Bonchev–Trinajstić information content (AvgIpc) is 2.88. The zero-order chi connectivity index (χ0) is 15.2. The van der Waals surface area contributed by atoms with Gasteiger partial charge in [0.25, 0.3) is 0 Å². The molecule has 0 spiro atoms. The molecule has 0 saturated carbocycles. The average molecular weight is 343 g/mol. The van der Waals surface area contributed by atoms with Gasteiger partial charge >= 0.3 is 0 Å². The first-order valence-corrected chi connectivity index (χ1v) is 9.15. The Morgan fingerprint density at radius 1 is 1.38 bits per heavy atom. The predicted octanol–water partition coefficient (Wildman–Crippen LogP) is 3.25. The van der Waals surface area contributed by atoms with E-state index in [9.17, 15) is 9.00 Å². The summed E-state index contributed by atoms with van der Waals surface area (Å²) in [6.45, 7) is 2.03. The maximum atomic E-state index is 12.0. The van der Waals surface area contributed by atoms with Crippen molar-refractivity contribution in [1.29, 1.82) is 0 Å². The summed E-state index contributed by atoms with van der Waals surface area (Å²) in [4.78, 5) is 16.2. The Bertz CT molecular complexity index is 641. The topological polar surface area (TPSA) is 59.1 Å². The zero-order valence-electron chi connectivity index (χ0n) is 11.5. The van der Waals surface area contributed by atoms with E-state index in [4.69, 9.17) is 11.6 Å². The molecule has 1 N–H and O–H groups in total. The summed E-state index contributed by atoms with van der Waals surface area (Å²) in [6, 6.07) is 6.79. The molecule has 1 heterocycles. The number of halogens is 1. The number of aromatic nitrogens is 1. The lowest BCUT2D eigenvalue weighted by atomic mass is 10.3. The van der Waals surface area contributed by atoms with Gasteiger partial charge in [-0.15, -0.1) is 11.3 Å². The number of aryl methyl sites for hydroxylation is 1. The molecular formula is C14H15ClN2O2S2. The van der Waals surface area contributed by atoms with E-state index in [0.717, 1.165) is 17.1 Å². The minimum absolute atomic E-state index is 0.0401. The van der Waals surface area contributed by atoms with Crippen LogP contribution < -0.4 is 5.32 Å². The molecule has 4 nitrogen and oxygen atoms in total. The van der Waals surface area contributed by atoms with Crippen LogP contribution in [0.5, 0.6) is 0 Å². The van der Waals surface area contributed by atoms with Crippen LogP contribution in [0.15, 0.2) is 29.6 Å². The van der Waals surface area contributed by atoms with Crippen molar-refractivity contribution in [2.45, 2.75) is 19.1 Å². The third-order valence-corrected chi connectivity index (χ3v) is 5.13. The number of anilines is 1. The van der Waals surface area contributed by atoms with E-state index in [-0.39, 0.29) is 11.7 Å². The Morgan fingerprint density at radius 2 is 2.10 bits per heavy atom. The Balaban J connectivity index is 1.84. The van der Waals surface area contributed by atoms with Gasteiger partial charge in [0, 0.05) is 26.9 Å². The number of carbonyl (C=O) groups is 1. The number of carbonyl (C=O) groups excluding carboxylic acids is 1. The second-order valence-electron chi connectivity index (χ2n) is 4.37. The van der Waals surface area contributed by atoms with Gasteiger partial charge in [0.05, 0.1) is 16.5 Å². The quantitative estimate of drug-likeness (QED) is 0.876. The highest BCUT2D eigenvalue weighted by molar-refractivity contribution is 7.84. The maximum absolute atomic E-state index is 12.0. The highest BCUT2D eigenvalue weighted by Crippen LogP contribution is 2.14. The second-order valence-corrected chi connectivity index (χ2v) is 7.21. The second kappa shape index (κ2) is 7.68. The van der Waals surface area contributed by atoms with Crippen LogP contribution in [0.25, 0.3) is 0 Å². The molecule has 1 amide bonds. The first-order valence-electron chi connectivity index (χ1n) is 6.40. The summed E-state index contributed by atoms with van der Waals surface area (Å²) < 4.78 is 12.0. The minimum atomic E-state index is -1.26. The van der Waals surface area contributed by atoms with Crippen molar-refractivity contribution in [2.24, 2.45) is 0 Å². The minimum Gasteiger partial charge on any atom is -0.325 e. The lowest BCUT2D eigenvalue weighted by Gasteiger charge is -2.04. The molecule has 0 radical (unpaired) electrons.